The summed E-state index contributed by atoms with van der Waals surface area (Å²) in [4.78, 5) is 2.34. The lowest BCUT2D eigenvalue weighted by Gasteiger charge is -2.20. The van der Waals surface area contributed by atoms with Gasteiger partial charge in [0.25, 0.3) is 0 Å². The Hall–Kier alpha value is -1.36. The number of hydrogen-bond acceptors (Lipinski definition) is 3. The number of benzene rings is 1. The molecule has 0 bridgehead atoms. The van der Waals surface area contributed by atoms with Crippen LogP contribution in [0.15, 0.2) is 24.3 Å². The van der Waals surface area contributed by atoms with Crippen molar-refractivity contribution in [1.82, 2.24) is 20.0 Å². The van der Waals surface area contributed by atoms with Gasteiger partial charge in [0.1, 0.15) is 0 Å². The molecule has 0 fully saturated rings. The zero-order chi connectivity index (χ0) is 17.7. The molecule has 2 rings (SSSR count). The van der Waals surface area contributed by atoms with Gasteiger partial charge in [-0.05, 0) is 46.4 Å². The third-order valence-electron chi connectivity index (χ3n) is 4.63. The number of nitrogens with zero attached hydrogens (tertiary/aromatic N) is 3. The summed E-state index contributed by atoms with van der Waals surface area (Å²) in [5.74, 6) is 0. The van der Waals surface area contributed by atoms with E-state index < -0.39 is 0 Å². The summed E-state index contributed by atoms with van der Waals surface area (Å²) in [5.41, 5.74) is 4.68. The van der Waals surface area contributed by atoms with Crippen LogP contribution in [0.4, 0.5) is 0 Å². The van der Waals surface area contributed by atoms with E-state index in [0.717, 1.165) is 35.9 Å². The van der Waals surface area contributed by atoms with Crippen LogP contribution in [0.1, 0.15) is 36.4 Å². The quantitative estimate of drug-likeness (QED) is 0.739. The van der Waals surface area contributed by atoms with Gasteiger partial charge in [-0.25, -0.2) is 0 Å². The average Bonchev–Trinajstić information content (AvgIpc) is 2.80. The first-order valence-corrected chi connectivity index (χ1v) is 8.95. The summed E-state index contributed by atoms with van der Waals surface area (Å²) in [6.45, 7) is 12.2. The SMILES string of the molecule is Cc1nn(Cc2ccccc2Cl)c(C)c1CNCCN(C)C(C)C. The molecular formula is C19H29ClN4. The second-order valence-electron chi connectivity index (χ2n) is 6.65. The largest absolute Gasteiger partial charge is 0.311 e. The number of halogens is 1. The van der Waals surface area contributed by atoms with Crippen molar-refractivity contribution >= 4 is 11.6 Å². The molecule has 1 aromatic heterocycles. The van der Waals surface area contributed by atoms with Gasteiger partial charge in [0.15, 0.2) is 0 Å². The molecule has 0 amide bonds. The fraction of sp³-hybridized carbons (Fsp3) is 0.526. The third kappa shape index (κ3) is 4.82. The van der Waals surface area contributed by atoms with Gasteiger partial charge in [0, 0.05) is 42.0 Å². The van der Waals surface area contributed by atoms with Gasteiger partial charge in [-0.1, -0.05) is 29.8 Å². The van der Waals surface area contributed by atoms with E-state index in [4.69, 9.17) is 16.7 Å². The van der Waals surface area contributed by atoms with Crippen molar-refractivity contribution < 1.29 is 0 Å². The maximum absolute atomic E-state index is 6.27. The molecule has 5 heteroatoms. The molecule has 0 spiro atoms. The first-order chi connectivity index (χ1) is 11.4. The van der Waals surface area contributed by atoms with Gasteiger partial charge in [0.05, 0.1) is 12.2 Å². The van der Waals surface area contributed by atoms with E-state index in [1.165, 1.54) is 11.3 Å². The number of rotatable bonds is 8. The van der Waals surface area contributed by atoms with E-state index in [0.29, 0.717) is 12.6 Å². The summed E-state index contributed by atoms with van der Waals surface area (Å²) in [5, 5.41) is 9.03. The molecule has 0 aliphatic carbocycles. The minimum Gasteiger partial charge on any atom is -0.311 e. The van der Waals surface area contributed by atoms with Crippen LogP contribution in [-0.2, 0) is 13.1 Å². The predicted molar refractivity (Wildman–Crippen MR) is 102 cm³/mol. The zero-order valence-electron chi connectivity index (χ0n) is 15.4. The highest BCUT2D eigenvalue weighted by Gasteiger charge is 2.12. The Morgan fingerprint density at radius 3 is 2.62 bits per heavy atom. The Bertz CT molecular complexity index is 663. The molecule has 0 aliphatic heterocycles. The van der Waals surface area contributed by atoms with Crippen molar-refractivity contribution in [2.45, 2.75) is 46.8 Å². The van der Waals surface area contributed by atoms with Gasteiger partial charge >= 0.3 is 0 Å². The van der Waals surface area contributed by atoms with Gasteiger partial charge in [0.2, 0.25) is 0 Å². The number of hydrogen-bond donors (Lipinski definition) is 1. The predicted octanol–water partition coefficient (Wildman–Crippen LogP) is 3.63. The van der Waals surface area contributed by atoms with Crippen molar-refractivity contribution in [3.63, 3.8) is 0 Å². The molecule has 0 atom stereocenters. The number of aryl methyl sites for hydroxylation is 1. The molecule has 2 aromatic rings. The van der Waals surface area contributed by atoms with Crippen LogP contribution >= 0.6 is 11.6 Å². The lowest BCUT2D eigenvalue weighted by atomic mass is 10.2. The van der Waals surface area contributed by atoms with E-state index in [2.05, 4.69) is 51.0 Å². The summed E-state index contributed by atoms with van der Waals surface area (Å²) in [6.07, 6.45) is 0. The fourth-order valence-corrected chi connectivity index (χ4v) is 2.85. The Labute approximate surface area is 150 Å². The lowest BCUT2D eigenvalue weighted by molar-refractivity contribution is 0.273. The minimum absolute atomic E-state index is 0.577. The molecule has 0 saturated heterocycles. The normalized spacial score (nSPS) is 11.7. The second-order valence-corrected chi connectivity index (χ2v) is 7.06. The number of likely N-dealkylation sites (N-methyl/N-ethyl adjacent to an activating group) is 1. The number of nitrogens with one attached hydrogen (secondary N) is 1. The van der Waals surface area contributed by atoms with Crippen LogP contribution < -0.4 is 5.32 Å². The van der Waals surface area contributed by atoms with Crippen molar-refractivity contribution in [2.75, 3.05) is 20.1 Å². The third-order valence-corrected chi connectivity index (χ3v) is 5.00. The van der Waals surface area contributed by atoms with Gasteiger partial charge in [-0.2, -0.15) is 5.10 Å². The fourth-order valence-electron chi connectivity index (χ4n) is 2.66. The summed E-state index contributed by atoms with van der Waals surface area (Å²) in [7, 11) is 2.16. The summed E-state index contributed by atoms with van der Waals surface area (Å²) >= 11 is 6.27. The standard InChI is InChI=1S/C19H29ClN4/c1-14(2)23(5)11-10-21-12-18-15(3)22-24(16(18)4)13-17-8-6-7-9-19(17)20/h6-9,14,21H,10-13H2,1-5H3. The molecule has 0 saturated carbocycles. The first kappa shape index (κ1) is 19.0. The lowest BCUT2D eigenvalue weighted by Crippen LogP contribution is -2.33. The minimum atomic E-state index is 0.577. The van der Waals surface area contributed by atoms with Crippen LogP contribution in [0.3, 0.4) is 0 Å². The monoisotopic (exact) mass is 348 g/mol. The van der Waals surface area contributed by atoms with Crippen LogP contribution in [0.5, 0.6) is 0 Å². The van der Waals surface area contributed by atoms with Crippen molar-refractivity contribution in [3.05, 3.63) is 51.8 Å². The van der Waals surface area contributed by atoms with Crippen molar-refractivity contribution in [2.24, 2.45) is 0 Å². The van der Waals surface area contributed by atoms with E-state index in [-0.39, 0.29) is 0 Å². The highest BCUT2D eigenvalue weighted by Crippen LogP contribution is 2.19. The van der Waals surface area contributed by atoms with Crippen LogP contribution in [0.25, 0.3) is 0 Å². The molecule has 1 aromatic carbocycles. The van der Waals surface area contributed by atoms with E-state index in [1.54, 1.807) is 0 Å². The second kappa shape index (κ2) is 8.65. The van der Waals surface area contributed by atoms with Gasteiger partial charge in [-0.15, -0.1) is 0 Å². The zero-order valence-corrected chi connectivity index (χ0v) is 16.2. The summed E-state index contributed by atoms with van der Waals surface area (Å²) in [6, 6.07) is 8.53. The van der Waals surface area contributed by atoms with Crippen LogP contribution in [-0.4, -0.2) is 40.9 Å². The molecule has 4 nitrogen and oxygen atoms in total. The topological polar surface area (TPSA) is 33.1 Å². The van der Waals surface area contributed by atoms with Gasteiger partial charge in [-0.3, -0.25) is 4.68 Å². The maximum atomic E-state index is 6.27. The van der Waals surface area contributed by atoms with Crippen molar-refractivity contribution in [3.8, 4) is 0 Å². The highest BCUT2D eigenvalue weighted by molar-refractivity contribution is 6.31. The Balaban J connectivity index is 1.98. The van der Waals surface area contributed by atoms with E-state index in [1.807, 2.05) is 22.9 Å². The molecule has 1 heterocycles. The van der Waals surface area contributed by atoms with E-state index in [9.17, 15) is 0 Å². The number of aromatic nitrogens is 2. The average molecular weight is 349 g/mol. The highest BCUT2D eigenvalue weighted by atomic mass is 35.5. The van der Waals surface area contributed by atoms with Crippen LogP contribution in [0, 0.1) is 13.8 Å². The Morgan fingerprint density at radius 1 is 1.25 bits per heavy atom. The van der Waals surface area contributed by atoms with Gasteiger partial charge < -0.3 is 10.2 Å². The Kier molecular flexibility index (Phi) is 6.84. The molecule has 0 aliphatic rings. The van der Waals surface area contributed by atoms with E-state index >= 15 is 0 Å². The molecular weight excluding hydrogens is 320 g/mol. The molecule has 0 radical (unpaired) electrons. The summed E-state index contributed by atoms with van der Waals surface area (Å²) < 4.78 is 2.05. The molecule has 132 valence electrons. The Morgan fingerprint density at radius 2 is 1.96 bits per heavy atom. The maximum Gasteiger partial charge on any atom is 0.0677 e. The molecule has 24 heavy (non-hydrogen) atoms. The molecule has 0 unspecified atom stereocenters. The van der Waals surface area contributed by atoms with Crippen molar-refractivity contribution in [1.29, 1.82) is 0 Å². The smallest absolute Gasteiger partial charge is 0.0677 e. The van der Waals surface area contributed by atoms with Crippen LogP contribution in [0.2, 0.25) is 5.02 Å². The first-order valence-electron chi connectivity index (χ1n) is 8.57. The molecule has 1 N–H and O–H groups in total.